The SMILES string of the molecule is COc1ccc(C(C)NCc2cnn(C)c2C)c(F)c1. The first-order chi connectivity index (χ1) is 9.52. The third kappa shape index (κ3) is 2.99. The predicted molar refractivity (Wildman–Crippen MR) is 76.2 cm³/mol. The summed E-state index contributed by atoms with van der Waals surface area (Å²) >= 11 is 0. The van der Waals surface area contributed by atoms with E-state index >= 15 is 0 Å². The van der Waals surface area contributed by atoms with Crippen LogP contribution in [0.2, 0.25) is 0 Å². The lowest BCUT2D eigenvalue weighted by Gasteiger charge is -2.15. The Kier molecular flexibility index (Phi) is 4.39. The van der Waals surface area contributed by atoms with Crippen LogP contribution in [0, 0.1) is 12.7 Å². The Hall–Kier alpha value is -1.88. The van der Waals surface area contributed by atoms with Crippen molar-refractivity contribution in [2.75, 3.05) is 7.11 Å². The number of nitrogens with zero attached hydrogens (tertiary/aromatic N) is 2. The zero-order valence-corrected chi connectivity index (χ0v) is 12.3. The van der Waals surface area contributed by atoms with Gasteiger partial charge in [-0.1, -0.05) is 6.07 Å². The third-order valence-corrected chi connectivity index (χ3v) is 3.61. The fourth-order valence-electron chi connectivity index (χ4n) is 2.08. The van der Waals surface area contributed by atoms with Crippen LogP contribution in [0.5, 0.6) is 5.75 Å². The number of hydrogen-bond acceptors (Lipinski definition) is 3. The first kappa shape index (κ1) is 14.5. The van der Waals surface area contributed by atoms with Gasteiger partial charge >= 0.3 is 0 Å². The van der Waals surface area contributed by atoms with Gasteiger partial charge < -0.3 is 10.1 Å². The van der Waals surface area contributed by atoms with Crippen LogP contribution in [0.4, 0.5) is 4.39 Å². The fourth-order valence-corrected chi connectivity index (χ4v) is 2.08. The fraction of sp³-hybridized carbons (Fsp3) is 0.400. The minimum atomic E-state index is -0.257. The second kappa shape index (κ2) is 6.05. The van der Waals surface area contributed by atoms with Crippen molar-refractivity contribution < 1.29 is 9.13 Å². The zero-order chi connectivity index (χ0) is 14.7. The molecule has 0 amide bonds. The molecule has 0 saturated carbocycles. The molecule has 0 spiro atoms. The number of methoxy groups -OCH3 is 1. The molecule has 5 heteroatoms. The molecular formula is C15H20FN3O. The van der Waals surface area contributed by atoms with Gasteiger partial charge in [0.1, 0.15) is 11.6 Å². The van der Waals surface area contributed by atoms with Crippen molar-refractivity contribution in [1.82, 2.24) is 15.1 Å². The van der Waals surface area contributed by atoms with Gasteiger partial charge in [-0.15, -0.1) is 0 Å². The maximum atomic E-state index is 14.0. The van der Waals surface area contributed by atoms with Crippen LogP contribution in [-0.4, -0.2) is 16.9 Å². The molecule has 1 aromatic carbocycles. The highest BCUT2D eigenvalue weighted by Crippen LogP contribution is 2.22. The average molecular weight is 277 g/mol. The summed E-state index contributed by atoms with van der Waals surface area (Å²) in [5.74, 6) is 0.272. The molecule has 1 aromatic heterocycles. The van der Waals surface area contributed by atoms with Gasteiger partial charge in [0.05, 0.1) is 13.3 Å². The Morgan fingerprint density at radius 3 is 2.75 bits per heavy atom. The van der Waals surface area contributed by atoms with Crippen molar-refractivity contribution in [2.45, 2.75) is 26.4 Å². The smallest absolute Gasteiger partial charge is 0.131 e. The molecule has 4 nitrogen and oxygen atoms in total. The molecule has 0 aliphatic carbocycles. The van der Waals surface area contributed by atoms with Gasteiger partial charge in [0, 0.05) is 42.5 Å². The van der Waals surface area contributed by atoms with Crippen molar-refractivity contribution in [3.05, 3.63) is 47.0 Å². The van der Waals surface area contributed by atoms with Gasteiger partial charge in [0.25, 0.3) is 0 Å². The number of nitrogens with one attached hydrogen (secondary N) is 1. The van der Waals surface area contributed by atoms with Crippen LogP contribution in [0.3, 0.4) is 0 Å². The molecule has 108 valence electrons. The Morgan fingerprint density at radius 2 is 2.20 bits per heavy atom. The molecule has 2 rings (SSSR count). The Morgan fingerprint density at radius 1 is 1.45 bits per heavy atom. The first-order valence-electron chi connectivity index (χ1n) is 6.57. The maximum absolute atomic E-state index is 14.0. The zero-order valence-electron chi connectivity index (χ0n) is 12.3. The van der Waals surface area contributed by atoms with Crippen molar-refractivity contribution in [1.29, 1.82) is 0 Å². The molecule has 0 saturated heterocycles. The largest absolute Gasteiger partial charge is 0.497 e. The summed E-state index contributed by atoms with van der Waals surface area (Å²) in [6, 6.07) is 4.84. The number of benzene rings is 1. The van der Waals surface area contributed by atoms with Crippen LogP contribution in [0.15, 0.2) is 24.4 Å². The van der Waals surface area contributed by atoms with Gasteiger partial charge in [0.2, 0.25) is 0 Å². The van der Waals surface area contributed by atoms with E-state index in [2.05, 4.69) is 10.4 Å². The number of ether oxygens (including phenoxy) is 1. The minimum Gasteiger partial charge on any atom is -0.497 e. The average Bonchev–Trinajstić information content (AvgIpc) is 2.76. The molecule has 1 heterocycles. The molecular weight excluding hydrogens is 257 g/mol. The molecule has 0 bridgehead atoms. The molecule has 1 N–H and O–H groups in total. The summed E-state index contributed by atoms with van der Waals surface area (Å²) in [6.45, 7) is 4.62. The van der Waals surface area contributed by atoms with E-state index in [9.17, 15) is 4.39 Å². The van der Waals surface area contributed by atoms with E-state index < -0.39 is 0 Å². The van der Waals surface area contributed by atoms with Crippen molar-refractivity contribution in [3.63, 3.8) is 0 Å². The molecule has 1 unspecified atom stereocenters. The Balaban J connectivity index is 2.05. The standard InChI is InChI=1S/C15H20FN3O/c1-10(14-6-5-13(20-4)7-15(14)16)17-8-12-9-18-19(3)11(12)2/h5-7,9-10,17H,8H2,1-4H3. The summed E-state index contributed by atoms with van der Waals surface area (Å²) < 4.78 is 20.8. The van der Waals surface area contributed by atoms with Gasteiger partial charge in [-0.25, -0.2) is 4.39 Å². The predicted octanol–water partition coefficient (Wildman–Crippen LogP) is 2.73. The molecule has 0 fully saturated rings. The summed E-state index contributed by atoms with van der Waals surface area (Å²) in [5.41, 5.74) is 2.86. The molecule has 0 radical (unpaired) electrons. The summed E-state index contributed by atoms with van der Waals surface area (Å²) in [6.07, 6.45) is 1.83. The number of hydrogen-bond donors (Lipinski definition) is 1. The minimum absolute atomic E-state index is 0.0829. The highest BCUT2D eigenvalue weighted by atomic mass is 19.1. The van der Waals surface area contributed by atoms with E-state index in [1.54, 1.807) is 12.1 Å². The summed E-state index contributed by atoms with van der Waals surface area (Å²) in [4.78, 5) is 0. The Bertz CT molecular complexity index is 595. The van der Waals surface area contributed by atoms with E-state index in [1.807, 2.05) is 31.8 Å². The van der Waals surface area contributed by atoms with Crippen molar-refractivity contribution in [3.8, 4) is 5.75 Å². The number of aromatic nitrogens is 2. The molecule has 0 aliphatic heterocycles. The van der Waals surface area contributed by atoms with Gasteiger partial charge in [-0.05, 0) is 19.9 Å². The molecule has 2 aromatic rings. The van der Waals surface area contributed by atoms with Crippen LogP contribution >= 0.6 is 0 Å². The topological polar surface area (TPSA) is 39.1 Å². The third-order valence-electron chi connectivity index (χ3n) is 3.61. The van der Waals surface area contributed by atoms with Crippen molar-refractivity contribution in [2.24, 2.45) is 7.05 Å². The summed E-state index contributed by atoms with van der Waals surface area (Å²) in [5, 5.41) is 7.51. The van der Waals surface area contributed by atoms with Crippen LogP contribution in [0.25, 0.3) is 0 Å². The van der Waals surface area contributed by atoms with Gasteiger partial charge in [0.15, 0.2) is 0 Å². The number of rotatable bonds is 5. The van der Waals surface area contributed by atoms with E-state index in [0.29, 0.717) is 17.9 Å². The van der Waals surface area contributed by atoms with Gasteiger partial charge in [-0.3, -0.25) is 4.68 Å². The normalized spacial score (nSPS) is 12.4. The van der Waals surface area contributed by atoms with E-state index in [0.717, 1.165) is 11.3 Å². The van der Waals surface area contributed by atoms with Gasteiger partial charge in [-0.2, -0.15) is 5.10 Å². The number of aryl methyl sites for hydroxylation is 1. The summed E-state index contributed by atoms with van der Waals surface area (Å²) in [7, 11) is 3.44. The lowest BCUT2D eigenvalue weighted by atomic mass is 10.1. The van der Waals surface area contributed by atoms with Crippen LogP contribution in [0.1, 0.15) is 29.8 Å². The molecule has 1 atom stereocenters. The highest BCUT2D eigenvalue weighted by molar-refractivity contribution is 5.30. The molecule has 0 aliphatic rings. The lowest BCUT2D eigenvalue weighted by Crippen LogP contribution is -2.19. The Labute approximate surface area is 118 Å². The lowest BCUT2D eigenvalue weighted by molar-refractivity contribution is 0.409. The van der Waals surface area contributed by atoms with Crippen LogP contribution < -0.4 is 10.1 Å². The molecule has 20 heavy (non-hydrogen) atoms. The van der Waals surface area contributed by atoms with Crippen molar-refractivity contribution >= 4 is 0 Å². The van der Waals surface area contributed by atoms with Crippen LogP contribution in [-0.2, 0) is 13.6 Å². The van der Waals surface area contributed by atoms with E-state index in [-0.39, 0.29) is 11.9 Å². The monoisotopic (exact) mass is 277 g/mol. The second-order valence-corrected chi connectivity index (χ2v) is 4.87. The maximum Gasteiger partial charge on any atom is 0.131 e. The van der Waals surface area contributed by atoms with E-state index in [1.165, 1.54) is 13.2 Å². The second-order valence-electron chi connectivity index (χ2n) is 4.87. The van der Waals surface area contributed by atoms with E-state index in [4.69, 9.17) is 4.74 Å². The first-order valence-corrected chi connectivity index (χ1v) is 6.57. The highest BCUT2D eigenvalue weighted by Gasteiger charge is 2.12. The number of halogens is 1. The quantitative estimate of drug-likeness (QED) is 0.913.